The largest absolute Gasteiger partial charge is 0.507 e. The Morgan fingerprint density at radius 3 is 2.70 bits per heavy atom. The van der Waals surface area contributed by atoms with Crippen LogP contribution in [0.5, 0.6) is 11.5 Å². The first-order valence-electron chi connectivity index (χ1n) is 9.29. The van der Waals surface area contributed by atoms with Crippen LogP contribution in [0.15, 0.2) is 36.4 Å². The number of amides is 1. The van der Waals surface area contributed by atoms with Gasteiger partial charge in [-0.25, -0.2) is 0 Å². The fourth-order valence-corrected chi connectivity index (χ4v) is 4.10. The zero-order chi connectivity index (χ0) is 19.3. The molecule has 1 amide bonds. The summed E-state index contributed by atoms with van der Waals surface area (Å²) < 4.78 is 5.83. The van der Waals surface area contributed by atoms with E-state index in [1.54, 1.807) is 6.07 Å². The number of para-hydroxylation sites is 1. The first kappa shape index (κ1) is 17.6. The van der Waals surface area contributed by atoms with E-state index in [0.29, 0.717) is 23.8 Å². The maximum Gasteiger partial charge on any atom is 0.245 e. The molecule has 2 heterocycles. The average Bonchev–Trinajstić information content (AvgIpc) is 3.10. The molecule has 5 heteroatoms. The highest BCUT2D eigenvalue weighted by Gasteiger charge is 2.56. The third-order valence-electron chi connectivity index (χ3n) is 5.58. The quantitative estimate of drug-likeness (QED) is 0.840. The Hall–Kier alpha value is -2.82. The third-order valence-corrected chi connectivity index (χ3v) is 5.58. The lowest BCUT2D eigenvalue weighted by Gasteiger charge is -2.24. The Kier molecular flexibility index (Phi) is 3.98. The Labute approximate surface area is 158 Å². The molecule has 1 atom stereocenters. The normalized spacial score (nSPS) is 20.1. The molecule has 27 heavy (non-hydrogen) atoms. The molecule has 0 saturated heterocycles. The molecule has 0 saturated carbocycles. The van der Waals surface area contributed by atoms with E-state index in [4.69, 9.17) is 4.74 Å². The molecule has 0 bridgehead atoms. The van der Waals surface area contributed by atoms with Gasteiger partial charge >= 0.3 is 0 Å². The van der Waals surface area contributed by atoms with Crippen LogP contribution >= 0.6 is 0 Å². The van der Waals surface area contributed by atoms with Crippen LogP contribution in [-0.2, 0) is 10.2 Å². The number of Topliss-reactive ketones (excluding diaryl/α,β-unsaturated/α-hetero) is 1. The monoisotopic (exact) mass is 365 g/mol. The van der Waals surface area contributed by atoms with Crippen molar-refractivity contribution in [3.63, 3.8) is 0 Å². The second kappa shape index (κ2) is 6.12. The van der Waals surface area contributed by atoms with Gasteiger partial charge in [0.15, 0.2) is 5.78 Å². The minimum absolute atomic E-state index is 0.0247. The van der Waals surface area contributed by atoms with Gasteiger partial charge in [0.25, 0.3) is 0 Å². The molecule has 5 nitrogen and oxygen atoms in total. The fourth-order valence-electron chi connectivity index (χ4n) is 4.10. The number of nitrogens with zero attached hydrogens (tertiary/aromatic N) is 1. The molecular formula is C22H23NO4. The number of benzene rings is 2. The van der Waals surface area contributed by atoms with Gasteiger partial charge < -0.3 is 14.7 Å². The summed E-state index contributed by atoms with van der Waals surface area (Å²) in [5.41, 5.74) is 1.72. The van der Waals surface area contributed by atoms with Crippen molar-refractivity contribution in [3.05, 3.63) is 53.1 Å². The highest BCUT2D eigenvalue weighted by Crippen LogP contribution is 2.53. The number of ether oxygens (including phenoxy) is 1. The van der Waals surface area contributed by atoms with Gasteiger partial charge in [0.1, 0.15) is 23.5 Å². The third kappa shape index (κ3) is 2.45. The van der Waals surface area contributed by atoms with Crippen LogP contribution in [0.3, 0.4) is 0 Å². The molecule has 4 rings (SSSR count). The summed E-state index contributed by atoms with van der Waals surface area (Å²) >= 11 is 0. The number of phenolic OH excluding ortho intramolecular Hbond substituents is 1. The number of fused-ring (bicyclic) bond motifs is 4. The van der Waals surface area contributed by atoms with Crippen molar-refractivity contribution in [2.45, 2.75) is 32.6 Å². The first-order chi connectivity index (χ1) is 12.9. The number of carbonyl (C=O) groups is 2. The van der Waals surface area contributed by atoms with Gasteiger partial charge in [-0.2, -0.15) is 0 Å². The van der Waals surface area contributed by atoms with Gasteiger partial charge in [0, 0.05) is 23.9 Å². The Balaban J connectivity index is 1.89. The minimum atomic E-state index is -0.958. The molecule has 0 fully saturated rings. The van der Waals surface area contributed by atoms with E-state index < -0.39 is 5.41 Å². The van der Waals surface area contributed by atoms with Gasteiger partial charge in [-0.3, -0.25) is 9.59 Å². The van der Waals surface area contributed by atoms with Crippen molar-refractivity contribution in [2.24, 2.45) is 5.92 Å². The maximum atomic E-state index is 13.6. The molecule has 140 valence electrons. The van der Waals surface area contributed by atoms with Crippen LogP contribution in [0.4, 0.5) is 5.69 Å². The smallest absolute Gasteiger partial charge is 0.245 e. The number of hydrogen-bond donors (Lipinski definition) is 1. The molecule has 0 aliphatic carbocycles. The molecule has 2 aliphatic rings. The van der Waals surface area contributed by atoms with Crippen LogP contribution in [0.25, 0.3) is 0 Å². The zero-order valence-electron chi connectivity index (χ0n) is 15.8. The topological polar surface area (TPSA) is 66.8 Å². The number of rotatable bonds is 4. The molecule has 2 aromatic carbocycles. The number of carbonyl (C=O) groups excluding carboxylic acids is 2. The lowest BCUT2D eigenvalue weighted by Crippen LogP contribution is -2.43. The number of anilines is 1. The lowest BCUT2D eigenvalue weighted by atomic mass is 9.76. The molecule has 1 N–H and O–H groups in total. The first-order valence-corrected chi connectivity index (χ1v) is 9.29. The van der Waals surface area contributed by atoms with E-state index >= 15 is 0 Å². The second-order valence-electron chi connectivity index (χ2n) is 7.77. The van der Waals surface area contributed by atoms with Crippen molar-refractivity contribution in [3.8, 4) is 11.5 Å². The highest BCUT2D eigenvalue weighted by molar-refractivity contribution is 6.12. The van der Waals surface area contributed by atoms with Crippen LogP contribution in [0.1, 0.15) is 48.7 Å². The number of phenols is 1. The summed E-state index contributed by atoms with van der Waals surface area (Å²) in [6.45, 7) is 6.50. The average molecular weight is 365 g/mol. The maximum absolute atomic E-state index is 13.6. The minimum Gasteiger partial charge on any atom is -0.507 e. The fraction of sp³-hybridized carbons (Fsp3) is 0.364. The van der Waals surface area contributed by atoms with Crippen molar-refractivity contribution in [1.82, 2.24) is 0 Å². The van der Waals surface area contributed by atoms with Crippen LogP contribution < -0.4 is 9.64 Å². The van der Waals surface area contributed by atoms with Crippen molar-refractivity contribution < 1.29 is 19.4 Å². The van der Waals surface area contributed by atoms with Gasteiger partial charge in [-0.05, 0) is 37.0 Å². The van der Waals surface area contributed by atoms with E-state index in [9.17, 15) is 14.7 Å². The SMILES string of the molecule is CC(=O)c1cc2c(cc1O)OCC21C(=O)N(CCC(C)C)c2ccccc21. The standard InChI is InChI=1S/C22H23NO4/c1-13(2)8-9-23-18-7-5-4-6-16(18)22(21(23)26)12-27-20-11-19(25)15(14(3)24)10-17(20)22/h4-7,10-11,13,25H,8-9,12H2,1-3H3. The summed E-state index contributed by atoms with van der Waals surface area (Å²) in [6.07, 6.45) is 0.901. The molecule has 1 unspecified atom stereocenters. The van der Waals surface area contributed by atoms with Gasteiger partial charge in [0.2, 0.25) is 5.91 Å². The number of ketones is 1. The van der Waals surface area contributed by atoms with Crippen LogP contribution in [0, 0.1) is 5.92 Å². The highest BCUT2D eigenvalue weighted by atomic mass is 16.5. The molecule has 1 spiro atoms. The molecule has 0 radical (unpaired) electrons. The van der Waals surface area contributed by atoms with Gasteiger partial charge in [-0.1, -0.05) is 32.0 Å². The predicted octanol–water partition coefficient (Wildman–Crippen LogP) is 3.67. The van der Waals surface area contributed by atoms with Gasteiger partial charge in [0.05, 0.1) is 5.56 Å². The van der Waals surface area contributed by atoms with Crippen molar-refractivity contribution in [2.75, 3.05) is 18.1 Å². The zero-order valence-corrected chi connectivity index (χ0v) is 15.8. The summed E-state index contributed by atoms with van der Waals surface area (Å²) in [5.74, 6) is 0.561. The summed E-state index contributed by atoms with van der Waals surface area (Å²) in [7, 11) is 0. The molecular weight excluding hydrogens is 342 g/mol. The Morgan fingerprint density at radius 2 is 2.00 bits per heavy atom. The van der Waals surface area contributed by atoms with E-state index in [1.165, 1.54) is 13.0 Å². The van der Waals surface area contributed by atoms with E-state index in [2.05, 4.69) is 13.8 Å². The summed E-state index contributed by atoms with van der Waals surface area (Å²) in [6, 6.07) is 10.9. The predicted molar refractivity (Wildman–Crippen MR) is 103 cm³/mol. The molecule has 2 aliphatic heterocycles. The Morgan fingerprint density at radius 1 is 1.26 bits per heavy atom. The Bertz CT molecular complexity index is 949. The summed E-state index contributed by atoms with van der Waals surface area (Å²) in [4.78, 5) is 27.4. The van der Waals surface area contributed by atoms with Crippen LogP contribution in [0.2, 0.25) is 0 Å². The molecule has 2 aromatic rings. The van der Waals surface area contributed by atoms with E-state index in [-0.39, 0.29) is 29.6 Å². The molecule has 0 aromatic heterocycles. The van der Waals surface area contributed by atoms with Crippen molar-refractivity contribution >= 4 is 17.4 Å². The van der Waals surface area contributed by atoms with Crippen LogP contribution in [-0.4, -0.2) is 29.9 Å². The number of aromatic hydroxyl groups is 1. The summed E-state index contributed by atoms with van der Waals surface area (Å²) in [5, 5.41) is 10.1. The van der Waals surface area contributed by atoms with E-state index in [0.717, 1.165) is 17.7 Å². The van der Waals surface area contributed by atoms with Gasteiger partial charge in [-0.15, -0.1) is 0 Å². The van der Waals surface area contributed by atoms with Crippen molar-refractivity contribution in [1.29, 1.82) is 0 Å². The second-order valence-corrected chi connectivity index (χ2v) is 7.77. The lowest BCUT2D eigenvalue weighted by molar-refractivity contribution is -0.122. The van der Waals surface area contributed by atoms with E-state index in [1.807, 2.05) is 29.2 Å². The number of hydrogen-bond acceptors (Lipinski definition) is 4.